The molecule has 0 aromatic heterocycles. The van der Waals surface area contributed by atoms with E-state index in [0.717, 1.165) is 19.6 Å². The highest BCUT2D eigenvalue weighted by Gasteiger charge is 2.32. The largest absolute Gasteiger partial charge is 0.389 e. The van der Waals surface area contributed by atoms with Crippen molar-refractivity contribution in [2.45, 2.75) is 63.3 Å². The molecule has 2 fully saturated rings. The molecular formula is C16H32N2O3. The van der Waals surface area contributed by atoms with Crippen LogP contribution in [0.3, 0.4) is 0 Å². The number of rotatable bonds is 8. The summed E-state index contributed by atoms with van der Waals surface area (Å²) in [6.45, 7) is 5.92. The van der Waals surface area contributed by atoms with E-state index in [2.05, 4.69) is 10.2 Å². The lowest BCUT2D eigenvalue weighted by Crippen LogP contribution is -2.52. The number of ether oxygens (including phenoxy) is 2. The molecule has 0 aromatic carbocycles. The fourth-order valence-corrected chi connectivity index (χ4v) is 3.62. The number of likely N-dealkylation sites (tertiary alicyclic amines) is 1. The summed E-state index contributed by atoms with van der Waals surface area (Å²) in [5.41, 5.74) is 0. The van der Waals surface area contributed by atoms with Gasteiger partial charge < -0.3 is 19.9 Å². The van der Waals surface area contributed by atoms with Crippen LogP contribution in [0.2, 0.25) is 0 Å². The average molecular weight is 300 g/mol. The van der Waals surface area contributed by atoms with Crippen LogP contribution in [0, 0.1) is 0 Å². The first-order chi connectivity index (χ1) is 10.2. The number of methoxy groups -OCH3 is 1. The van der Waals surface area contributed by atoms with Crippen LogP contribution in [-0.2, 0) is 9.47 Å². The van der Waals surface area contributed by atoms with Crippen LogP contribution < -0.4 is 5.32 Å². The molecule has 4 unspecified atom stereocenters. The van der Waals surface area contributed by atoms with Crippen molar-refractivity contribution in [2.24, 2.45) is 0 Å². The molecule has 2 heterocycles. The maximum Gasteiger partial charge on any atom is 0.0900 e. The van der Waals surface area contributed by atoms with Crippen molar-refractivity contribution >= 4 is 0 Å². The molecule has 0 bridgehead atoms. The molecular weight excluding hydrogens is 268 g/mol. The lowest BCUT2D eigenvalue weighted by Gasteiger charge is -2.40. The third kappa shape index (κ3) is 5.49. The summed E-state index contributed by atoms with van der Waals surface area (Å²) in [5.74, 6) is 0. The van der Waals surface area contributed by atoms with Gasteiger partial charge in [0.15, 0.2) is 0 Å². The minimum atomic E-state index is -0.411. The van der Waals surface area contributed by atoms with Gasteiger partial charge in [0, 0.05) is 25.7 Å². The molecule has 2 aliphatic heterocycles. The van der Waals surface area contributed by atoms with Gasteiger partial charge in [-0.25, -0.2) is 0 Å². The molecule has 5 nitrogen and oxygen atoms in total. The number of piperidine rings is 1. The van der Waals surface area contributed by atoms with Crippen LogP contribution in [0.15, 0.2) is 0 Å². The van der Waals surface area contributed by atoms with Gasteiger partial charge in [-0.15, -0.1) is 0 Å². The first-order valence-electron chi connectivity index (χ1n) is 8.46. The molecule has 4 atom stereocenters. The number of hydrogen-bond donors (Lipinski definition) is 2. The first-order valence-corrected chi connectivity index (χ1v) is 8.46. The molecule has 0 aromatic rings. The van der Waals surface area contributed by atoms with Crippen LogP contribution in [-0.4, -0.2) is 74.3 Å². The standard InChI is InChI=1S/C16H32N2O3/c1-13(11-20-2)21-12-14(19)10-18-9-4-3-7-16(18)15-6-5-8-17-15/h13-17,19H,3-12H2,1-2H3. The van der Waals surface area contributed by atoms with E-state index in [0.29, 0.717) is 25.3 Å². The van der Waals surface area contributed by atoms with Gasteiger partial charge in [-0.2, -0.15) is 0 Å². The third-order valence-corrected chi connectivity index (χ3v) is 4.65. The zero-order valence-electron chi connectivity index (χ0n) is 13.6. The van der Waals surface area contributed by atoms with Gasteiger partial charge in [0.25, 0.3) is 0 Å². The Bertz CT molecular complexity index is 285. The van der Waals surface area contributed by atoms with Crippen LogP contribution >= 0.6 is 0 Å². The molecule has 21 heavy (non-hydrogen) atoms. The molecule has 0 spiro atoms. The predicted molar refractivity (Wildman–Crippen MR) is 83.5 cm³/mol. The monoisotopic (exact) mass is 300 g/mol. The van der Waals surface area contributed by atoms with Crippen molar-refractivity contribution in [2.75, 3.05) is 40.0 Å². The lowest BCUT2D eigenvalue weighted by atomic mass is 9.94. The SMILES string of the molecule is COCC(C)OCC(O)CN1CCCCC1C1CCCN1. The summed E-state index contributed by atoms with van der Waals surface area (Å²) in [4.78, 5) is 2.47. The number of aliphatic hydroxyl groups is 1. The summed E-state index contributed by atoms with van der Waals surface area (Å²) < 4.78 is 10.7. The summed E-state index contributed by atoms with van der Waals surface area (Å²) in [6.07, 6.45) is 6.01. The van der Waals surface area contributed by atoms with Gasteiger partial charge >= 0.3 is 0 Å². The third-order valence-electron chi connectivity index (χ3n) is 4.65. The van der Waals surface area contributed by atoms with E-state index >= 15 is 0 Å². The van der Waals surface area contributed by atoms with E-state index in [1.165, 1.54) is 32.1 Å². The fourth-order valence-electron chi connectivity index (χ4n) is 3.62. The van der Waals surface area contributed by atoms with Crippen LogP contribution in [0.5, 0.6) is 0 Å². The van der Waals surface area contributed by atoms with Crippen molar-refractivity contribution < 1.29 is 14.6 Å². The summed E-state index contributed by atoms with van der Waals surface area (Å²) in [6, 6.07) is 1.21. The number of aliphatic hydroxyl groups excluding tert-OH is 1. The van der Waals surface area contributed by atoms with E-state index in [-0.39, 0.29) is 6.10 Å². The van der Waals surface area contributed by atoms with E-state index in [9.17, 15) is 5.11 Å². The van der Waals surface area contributed by atoms with Crippen molar-refractivity contribution in [1.82, 2.24) is 10.2 Å². The van der Waals surface area contributed by atoms with Gasteiger partial charge in [0.2, 0.25) is 0 Å². The molecule has 0 amide bonds. The minimum absolute atomic E-state index is 0.0401. The maximum atomic E-state index is 10.3. The molecule has 2 aliphatic rings. The molecule has 2 rings (SSSR count). The van der Waals surface area contributed by atoms with Crippen LogP contribution in [0.4, 0.5) is 0 Å². The Morgan fingerprint density at radius 2 is 2.10 bits per heavy atom. The van der Waals surface area contributed by atoms with E-state index in [1.54, 1.807) is 7.11 Å². The highest BCUT2D eigenvalue weighted by Crippen LogP contribution is 2.24. The van der Waals surface area contributed by atoms with Crippen molar-refractivity contribution in [1.29, 1.82) is 0 Å². The Morgan fingerprint density at radius 3 is 2.81 bits per heavy atom. The van der Waals surface area contributed by atoms with Crippen molar-refractivity contribution in [3.8, 4) is 0 Å². The first kappa shape index (κ1) is 17.2. The Kier molecular flexibility index (Phi) is 7.40. The van der Waals surface area contributed by atoms with Gasteiger partial charge in [-0.1, -0.05) is 6.42 Å². The lowest BCUT2D eigenvalue weighted by molar-refractivity contribution is -0.0466. The van der Waals surface area contributed by atoms with E-state index in [1.807, 2.05) is 6.92 Å². The Morgan fingerprint density at radius 1 is 1.24 bits per heavy atom. The highest BCUT2D eigenvalue weighted by atomic mass is 16.5. The summed E-state index contributed by atoms with van der Waals surface area (Å²) in [5, 5.41) is 13.9. The second-order valence-electron chi connectivity index (χ2n) is 6.51. The number of nitrogens with one attached hydrogen (secondary N) is 1. The molecule has 0 aliphatic carbocycles. The van der Waals surface area contributed by atoms with Gasteiger partial charge in [0.05, 0.1) is 25.4 Å². The molecule has 2 N–H and O–H groups in total. The number of β-amino-alcohol motifs (C(OH)–C–C–N with tert-alkyl or cyclic N) is 1. The quantitative estimate of drug-likeness (QED) is 0.700. The molecule has 124 valence electrons. The molecule has 0 saturated carbocycles. The van der Waals surface area contributed by atoms with Gasteiger partial charge in [-0.05, 0) is 45.7 Å². The fraction of sp³-hybridized carbons (Fsp3) is 1.00. The van der Waals surface area contributed by atoms with E-state index in [4.69, 9.17) is 9.47 Å². The van der Waals surface area contributed by atoms with Gasteiger partial charge in [0.1, 0.15) is 0 Å². The van der Waals surface area contributed by atoms with Gasteiger partial charge in [-0.3, -0.25) is 4.90 Å². The Labute approximate surface area is 129 Å². The summed E-state index contributed by atoms with van der Waals surface area (Å²) in [7, 11) is 1.67. The highest BCUT2D eigenvalue weighted by molar-refractivity contribution is 4.91. The average Bonchev–Trinajstić information content (AvgIpc) is 3.00. The zero-order valence-corrected chi connectivity index (χ0v) is 13.6. The van der Waals surface area contributed by atoms with Crippen LogP contribution in [0.25, 0.3) is 0 Å². The predicted octanol–water partition coefficient (Wildman–Crippen LogP) is 1.01. The zero-order chi connectivity index (χ0) is 15.1. The van der Waals surface area contributed by atoms with E-state index < -0.39 is 6.10 Å². The minimum Gasteiger partial charge on any atom is -0.389 e. The maximum absolute atomic E-state index is 10.3. The topological polar surface area (TPSA) is 54.0 Å². The second-order valence-corrected chi connectivity index (χ2v) is 6.51. The summed E-state index contributed by atoms with van der Waals surface area (Å²) >= 11 is 0. The Balaban J connectivity index is 1.75. The smallest absolute Gasteiger partial charge is 0.0900 e. The van der Waals surface area contributed by atoms with Crippen molar-refractivity contribution in [3.05, 3.63) is 0 Å². The molecule has 2 saturated heterocycles. The van der Waals surface area contributed by atoms with Crippen molar-refractivity contribution in [3.63, 3.8) is 0 Å². The Hall–Kier alpha value is -0.200. The number of hydrogen-bond acceptors (Lipinski definition) is 5. The second kappa shape index (κ2) is 9.06. The van der Waals surface area contributed by atoms with Crippen LogP contribution in [0.1, 0.15) is 39.0 Å². The number of nitrogens with zero attached hydrogens (tertiary/aromatic N) is 1. The molecule has 0 radical (unpaired) electrons. The normalized spacial score (nSPS) is 30.4. The molecule has 5 heteroatoms.